The number of hydrogen-bond acceptors (Lipinski definition) is 2. The first-order valence-corrected chi connectivity index (χ1v) is 7.86. The molecule has 1 aliphatic heterocycles. The molecule has 3 heteroatoms. The van der Waals surface area contributed by atoms with Gasteiger partial charge in [-0.05, 0) is 24.5 Å². The van der Waals surface area contributed by atoms with Crippen LogP contribution in [-0.2, 0) is 6.54 Å². The van der Waals surface area contributed by atoms with Crippen molar-refractivity contribution in [3.8, 4) is 0 Å². The van der Waals surface area contributed by atoms with E-state index in [2.05, 4.69) is 22.3 Å². The summed E-state index contributed by atoms with van der Waals surface area (Å²) in [6.45, 7) is 4.42. The Hall–Kier alpha value is -0.570. The van der Waals surface area contributed by atoms with E-state index in [9.17, 15) is 0 Å². The van der Waals surface area contributed by atoms with Crippen molar-refractivity contribution in [1.82, 2.24) is 10.2 Å². The molecule has 0 unspecified atom stereocenters. The Balaban J connectivity index is 1.67. The number of rotatable bonds is 2. The quantitative estimate of drug-likeness (QED) is 0.891. The Morgan fingerprint density at radius 2 is 1.95 bits per heavy atom. The van der Waals surface area contributed by atoms with E-state index < -0.39 is 0 Å². The second-order valence-electron chi connectivity index (χ2n) is 6.07. The van der Waals surface area contributed by atoms with Crippen LogP contribution in [0.2, 0.25) is 5.02 Å². The first-order valence-electron chi connectivity index (χ1n) is 7.48. The molecule has 0 atom stereocenters. The highest BCUT2D eigenvalue weighted by atomic mass is 35.5. The monoisotopic (exact) mass is 278 g/mol. The minimum Gasteiger partial charge on any atom is -0.309 e. The number of nitrogens with one attached hydrogen (secondary N) is 1. The Morgan fingerprint density at radius 1 is 1.16 bits per heavy atom. The van der Waals surface area contributed by atoms with Gasteiger partial charge in [0.25, 0.3) is 0 Å². The van der Waals surface area contributed by atoms with E-state index in [1.807, 2.05) is 12.1 Å². The Labute approximate surface area is 121 Å². The average molecular weight is 279 g/mol. The molecule has 2 aliphatic rings. The third kappa shape index (κ3) is 3.13. The van der Waals surface area contributed by atoms with E-state index in [-0.39, 0.29) is 0 Å². The van der Waals surface area contributed by atoms with Gasteiger partial charge >= 0.3 is 0 Å². The van der Waals surface area contributed by atoms with Gasteiger partial charge in [0.15, 0.2) is 0 Å². The lowest BCUT2D eigenvalue weighted by atomic mass is 9.80. The van der Waals surface area contributed by atoms with Crippen molar-refractivity contribution in [2.75, 3.05) is 19.6 Å². The maximum absolute atomic E-state index is 6.28. The molecule has 19 heavy (non-hydrogen) atoms. The molecule has 0 amide bonds. The second-order valence-corrected chi connectivity index (χ2v) is 6.48. The molecule has 1 saturated carbocycles. The molecule has 1 aromatic carbocycles. The van der Waals surface area contributed by atoms with Gasteiger partial charge in [0.05, 0.1) is 0 Å². The van der Waals surface area contributed by atoms with Crippen LogP contribution in [0.25, 0.3) is 0 Å². The summed E-state index contributed by atoms with van der Waals surface area (Å²) in [6.07, 6.45) is 6.85. The van der Waals surface area contributed by atoms with Crippen LogP contribution >= 0.6 is 11.6 Å². The molecule has 1 heterocycles. The Kier molecular flexibility index (Phi) is 4.11. The summed E-state index contributed by atoms with van der Waals surface area (Å²) in [5, 5.41) is 4.69. The van der Waals surface area contributed by atoms with Crippen molar-refractivity contribution in [2.45, 2.75) is 44.2 Å². The van der Waals surface area contributed by atoms with Crippen LogP contribution in [0.1, 0.15) is 37.7 Å². The number of nitrogens with zero attached hydrogens (tertiary/aromatic N) is 1. The minimum absolute atomic E-state index is 0.387. The SMILES string of the molecule is Clc1ccccc1CN1CCNC2(CCCCC2)C1. The standard InChI is InChI=1S/C16H23ClN2/c17-15-7-3-2-6-14(15)12-19-11-10-18-16(13-19)8-4-1-5-9-16/h2-3,6-7,18H,1,4-5,8-13H2. The fraction of sp³-hybridized carbons (Fsp3) is 0.625. The summed E-state index contributed by atoms with van der Waals surface area (Å²) in [4.78, 5) is 2.57. The predicted molar refractivity (Wildman–Crippen MR) is 80.5 cm³/mol. The molecule has 1 aliphatic carbocycles. The normalized spacial score (nSPS) is 23.6. The molecule has 1 aromatic rings. The topological polar surface area (TPSA) is 15.3 Å². The van der Waals surface area contributed by atoms with Crippen LogP contribution < -0.4 is 5.32 Å². The molecule has 1 N–H and O–H groups in total. The molecule has 0 aromatic heterocycles. The predicted octanol–water partition coefficient (Wildman–Crippen LogP) is 3.45. The first kappa shape index (κ1) is 13.4. The highest BCUT2D eigenvalue weighted by Crippen LogP contribution is 2.31. The second kappa shape index (κ2) is 5.82. The van der Waals surface area contributed by atoms with E-state index in [4.69, 9.17) is 11.6 Å². The van der Waals surface area contributed by atoms with Crippen LogP contribution in [-0.4, -0.2) is 30.1 Å². The van der Waals surface area contributed by atoms with Gasteiger partial charge in [-0.25, -0.2) is 0 Å². The molecule has 3 rings (SSSR count). The van der Waals surface area contributed by atoms with E-state index in [0.717, 1.165) is 24.7 Å². The van der Waals surface area contributed by atoms with Crippen LogP contribution in [0, 0.1) is 0 Å². The molecule has 2 fully saturated rings. The van der Waals surface area contributed by atoms with Crippen molar-refractivity contribution in [2.24, 2.45) is 0 Å². The lowest BCUT2D eigenvalue weighted by Crippen LogP contribution is -2.60. The van der Waals surface area contributed by atoms with Crippen LogP contribution in [0.3, 0.4) is 0 Å². The average Bonchev–Trinajstić information content (AvgIpc) is 2.42. The summed E-state index contributed by atoms with van der Waals surface area (Å²) in [5.74, 6) is 0. The van der Waals surface area contributed by atoms with Crippen molar-refractivity contribution in [1.29, 1.82) is 0 Å². The number of benzene rings is 1. The molecule has 0 bridgehead atoms. The zero-order valence-electron chi connectivity index (χ0n) is 11.5. The highest BCUT2D eigenvalue weighted by molar-refractivity contribution is 6.31. The highest BCUT2D eigenvalue weighted by Gasteiger charge is 2.35. The van der Waals surface area contributed by atoms with Crippen molar-refractivity contribution >= 4 is 11.6 Å². The zero-order valence-corrected chi connectivity index (χ0v) is 12.3. The fourth-order valence-electron chi connectivity index (χ4n) is 3.61. The van der Waals surface area contributed by atoms with E-state index in [1.165, 1.54) is 44.2 Å². The first-order chi connectivity index (χ1) is 9.27. The van der Waals surface area contributed by atoms with Crippen LogP contribution in [0.15, 0.2) is 24.3 Å². The van der Waals surface area contributed by atoms with Crippen LogP contribution in [0.4, 0.5) is 0 Å². The zero-order chi connectivity index (χ0) is 13.1. The fourth-order valence-corrected chi connectivity index (χ4v) is 3.80. The molecular weight excluding hydrogens is 256 g/mol. The number of hydrogen-bond donors (Lipinski definition) is 1. The van der Waals surface area contributed by atoms with Gasteiger partial charge in [0.2, 0.25) is 0 Å². The van der Waals surface area contributed by atoms with Gasteiger partial charge in [0, 0.05) is 36.7 Å². The molecule has 0 radical (unpaired) electrons. The summed E-state index contributed by atoms with van der Waals surface area (Å²) < 4.78 is 0. The van der Waals surface area contributed by atoms with Gasteiger partial charge in [-0.1, -0.05) is 49.1 Å². The third-order valence-electron chi connectivity index (χ3n) is 4.62. The van der Waals surface area contributed by atoms with Crippen LogP contribution in [0.5, 0.6) is 0 Å². The molecule has 2 nitrogen and oxygen atoms in total. The third-order valence-corrected chi connectivity index (χ3v) is 4.99. The Morgan fingerprint density at radius 3 is 2.74 bits per heavy atom. The number of halogens is 1. The molecule has 104 valence electrons. The molecule has 1 saturated heterocycles. The van der Waals surface area contributed by atoms with E-state index in [1.54, 1.807) is 0 Å². The summed E-state index contributed by atoms with van der Waals surface area (Å²) >= 11 is 6.28. The smallest absolute Gasteiger partial charge is 0.0451 e. The van der Waals surface area contributed by atoms with E-state index in [0.29, 0.717) is 5.54 Å². The summed E-state index contributed by atoms with van der Waals surface area (Å²) in [5.41, 5.74) is 1.65. The summed E-state index contributed by atoms with van der Waals surface area (Å²) in [7, 11) is 0. The van der Waals surface area contributed by atoms with Crippen molar-refractivity contribution in [3.63, 3.8) is 0 Å². The van der Waals surface area contributed by atoms with Crippen molar-refractivity contribution < 1.29 is 0 Å². The van der Waals surface area contributed by atoms with Gasteiger partial charge in [-0.3, -0.25) is 4.90 Å². The van der Waals surface area contributed by atoms with Gasteiger partial charge < -0.3 is 5.32 Å². The largest absolute Gasteiger partial charge is 0.309 e. The lowest BCUT2D eigenvalue weighted by Gasteiger charge is -2.46. The lowest BCUT2D eigenvalue weighted by molar-refractivity contribution is 0.0945. The Bertz CT molecular complexity index is 421. The van der Waals surface area contributed by atoms with Gasteiger partial charge in [-0.2, -0.15) is 0 Å². The minimum atomic E-state index is 0.387. The van der Waals surface area contributed by atoms with E-state index >= 15 is 0 Å². The maximum Gasteiger partial charge on any atom is 0.0451 e. The number of piperazine rings is 1. The maximum atomic E-state index is 6.28. The molecular formula is C16H23ClN2. The molecule has 1 spiro atoms. The summed E-state index contributed by atoms with van der Waals surface area (Å²) in [6, 6.07) is 8.24. The van der Waals surface area contributed by atoms with Gasteiger partial charge in [0.1, 0.15) is 0 Å². The van der Waals surface area contributed by atoms with Crippen molar-refractivity contribution in [3.05, 3.63) is 34.9 Å². The van der Waals surface area contributed by atoms with Gasteiger partial charge in [-0.15, -0.1) is 0 Å².